The van der Waals surface area contributed by atoms with Crippen LogP contribution in [0.4, 0.5) is 5.69 Å². The van der Waals surface area contributed by atoms with Gasteiger partial charge in [-0.05, 0) is 24.1 Å². The van der Waals surface area contributed by atoms with Gasteiger partial charge in [0.1, 0.15) is 12.0 Å². The van der Waals surface area contributed by atoms with Crippen LogP contribution in [0, 0.1) is 0 Å². The quantitative estimate of drug-likeness (QED) is 0.775. The molecule has 104 valence electrons. The fraction of sp³-hybridized carbons (Fsp3) is 0.200. The molecule has 1 atom stereocenters. The second-order valence-corrected chi connectivity index (χ2v) is 4.99. The Hall–Kier alpha value is -2.76. The van der Waals surface area contributed by atoms with Gasteiger partial charge >= 0.3 is 0 Å². The Morgan fingerprint density at radius 2 is 2.14 bits per heavy atom. The van der Waals surface area contributed by atoms with Crippen molar-refractivity contribution in [3.8, 4) is 11.5 Å². The standard InChI is InChI=1S/C15H13N5O/c1-2-4-12-10(3-1)7-11(8-17-12)15-19-14(20-21-15)13-5-6-16-9-18-13/h1-6,9,11,17H,7-8H2. The Bertz CT molecular complexity index is 756. The molecular weight excluding hydrogens is 266 g/mol. The number of benzene rings is 1. The maximum atomic E-state index is 5.41. The maximum absolute atomic E-state index is 5.41. The third kappa shape index (κ3) is 2.24. The van der Waals surface area contributed by atoms with Crippen LogP contribution in [-0.4, -0.2) is 26.7 Å². The number of nitrogens with one attached hydrogen (secondary N) is 1. The summed E-state index contributed by atoms with van der Waals surface area (Å²) in [4.78, 5) is 12.5. The fourth-order valence-electron chi connectivity index (χ4n) is 2.54. The van der Waals surface area contributed by atoms with Crippen molar-refractivity contribution in [2.75, 3.05) is 11.9 Å². The molecule has 1 N–H and O–H groups in total. The number of anilines is 1. The van der Waals surface area contributed by atoms with Crippen LogP contribution in [0.3, 0.4) is 0 Å². The summed E-state index contributed by atoms with van der Waals surface area (Å²) in [7, 11) is 0. The molecule has 1 aromatic carbocycles. The Morgan fingerprint density at radius 3 is 3.05 bits per heavy atom. The predicted molar refractivity (Wildman–Crippen MR) is 76.7 cm³/mol. The second kappa shape index (κ2) is 4.97. The lowest BCUT2D eigenvalue weighted by molar-refractivity contribution is 0.354. The average Bonchev–Trinajstić information content (AvgIpc) is 3.05. The first kappa shape index (κ1) is 12.0. The summed E-state index contributed by atoms with van der Waals surface area (Å²) in [6.07, 6.45) is 4.04. The molecule has 0 bridgehead atoms. The van der Waals surface area contributed by atoms with Crippen LogP contribution in [0.1, 0.15) is 17.4 Å². The summed E-state index contributed by atoms with van der Waals surface area (Å²) in [6.45, 7) is 0.794. The van der Waals surface area contributed by atoms with Crippen LogP contribution in [0.15, 0.2) is 47.4 Å². The van der Waals surface area contributed by atoms with Gasteiger partial charge in [0, 0.05) is 18.4 Å². The number of fused-ring (bicyclic) bond motifs is 1. The lowest BCUT2D eigenvalue weighted by atomic mass is 9.94. The number of rotatable bonds is 2. The third-order valence-electron chi connectivity index (χ3n) is 3.62. The molecule has 4 rings (SSSR count). The molecule has 0 aliphatic carbocycles. The van der Waals surface area contributed by atoms with Crippen LogP contribution in [-0.2, 0) is 6.42 Å². The molecule has 0 spiro atoms. The van der Waals surface area contributed by atoms with E-state index in [2.05, 4.69) is 37.6 Å². The lowest BCUT2D eigenvalue weighted by Gasteiger charge is -2.23. The van der Waals surface area contributed by atoms with E-state index in [4.69, 9.17) is 4.52 Å². The summed E-state index contributed by atoms with van der Waals surface area (Å²) >= 11 is 0. The zero-order valence-electron chi connectivity index (χ0n) is 11.2. The largest absolute Gasteiger partial charge is 0.384 e. The number of hydrogen-bond donors (Lipinski definition) is 1. The summed E-state index contributed by atoms with van der Waals surface area (Å²) in [5.74, 6) is 1.33. The minimum atomic E-state index is 0.183. The molecule has 1 unspecified atom stereocenters. The Labute approximate surface area is 121 Å². The van der Waals surface area contributed by atoms with E-state index in [-0.39, 0.29) is 5.92 Å². The Balaban J connectivity index is 1.60. The van der Waals surface area contributed by atoms with Gasteiger partial charge in [0.05, 0.1) is 5.92 Å². The molecule has 0 saturated heterocycles. The Morgan fingerprint density at radius 1 is 1.19 bits per heavy atom. The number of nitrogens with zero attached hydrogens (tertiary/aromatic N) is 4. The first-order chi connectivity index (χ1) is 10.4. The Kier molecular flexibility index (Phi) is 2.85. The van der Waals surface area contributed by atoms with E-state index < -0.39 is 0 Å². The number of hydrogen-bond acceptors (Lipinski definition) is 6. The average molecular weight is 279 g/mol. The van der Waals surface area contributed by atoms with Gasteiger partial charge in [0.15, 0.2) is 0 Å². The fourth-order valence-corrected chi connectivity index (χ4v) is 2.54. The summed E-state index contributed by atoms with van der Waals surface area (Å²) in [5.41, 5.74) is 3.13. The van der Waals surface area contributed by atoms with Crippen molar-refractivity contribution in [2.24, 2.45) is 0 Å². The van der Waals surface area contributed by atoms with Gasteiger partial charge in [-0.2, -0.15) is 4.98 Å². The number of aromatic nitrogens is 4. The molecule has 1 aliphatic rings. The van der Waals surface area contributed by atoms with Crippen molar-refractivity contribution in [1.82, 2.24) is 20.1 Å². The minimum Gasteiger partial charge on any atom is -0.384 e. The highest BCUT2D eigenvalue weighted by Gasteiger charge is 2.24. The van der Waals surface area contributed by atoms with E-state index in [1.54, 1.807) is 12.3 Å². The van der Waals surface area contributed by atoms with Crippen LogP contribution < -0.4 is 5.32 Å². The van der Waals surface area contributed by atoms with E-state index in [0.29, 0.717) is 17.4 Å². The van der Waals surface area contributed by atoms with E-state index in [1.165, 1.54) is 17.6 Å². The van der Waals surface area contributed by atoms with Crippen molar-refractivity contribution in [1.29, 1.82) is 0 Å². The molecule has 2 aromatic heterocycles. The van der Waals surface area contributed by atoms with E-state index in [9.17, 15) is 0 Å². The highest BCUT2D eigenvalue weighted by molar-refractivity contribution is 5.54. The topological polar surface area (TPSA) is 76.7 Å². The van der Waals surface area contributed by atoms with Crippen molar-refractivity contribution < 1.29 is 4.52 Å². The molecule has 3 heterocycles. The molecule has 6 heteroatoms. The minimum absolute atomic E-state index is 0.183. The van der Waals surface area contributed by atoms with Gasteiger partial charge < -0.3 is 9.84 Å². The van der Waals surface area contributed by atoms with Crippen LogP contribution >= 0.6 is 0 Å². The molecule has 0 amide bonds. The number of para-hydroxylation sites is 1. The van der Waals surface area contributed by atoms with E-state index >= 15 is 0 Å². The normalized spacial score (nSPS) is 17.0. The first-order valence-electron chi connectivity index (χ1n) is 6.82. The molecule has 21 heavy (non-hydrogen) atoms. The first-order valence-corrected chi connectivity index (χ1v) is 6.82. The van der Waals surface area contributed by atoms with Gasteiger partial charge in [-0.1, -0.05) is 23.4 Å². The van der Waals surface area contributed by atoms with Gasteiger partial charge in [0.2, 0.25) is 11.7 Å². The van der Waals surface area contributed by atoms with E-state index in [1.807, 2.05) is 12.1 Å². The lowest BCUT2D eigenvalue weighted by Crippen LogP contribution is -2.21. The highest BCUT2D eigenvalue weighted by Crippen LogP contribution is 2.30. The molecule has 0 fully saturated rings. The van der Waals surface area contributed by atoms with Crippen molar-refractivity contribution in [2.45, 2.75) is 12.3 Å². The maximum Gasteiger partial charge on any atom is 0.232 e. The van der Waals surface area contributed by atoms with Crippen LogP contribution in [0.2, 0.25) is 0 Å². The molecule has 3 aromatic rings. The summed E-state index contributed by atoms with van der Waals surface area (Å²) < 4.78 is 5.41. The molecule has 6 nitrogen and oxygen atoms in total. The van der Waals surface area contributed by atoms with Crippen molar-refractivity contribution in [3.63, 3.8) is 0 Å². The van der Waals surface area contributed by atoms with E-state index in [0.717, 1.165) is 13.0 Å². The van der Waals surface area contributed by atoms with Gasteiger partial charge in [-0.3, -0.25) is 0 Å². The van der Waals surface area contributed by atoms with Crippen molar-refractivity contribution >= 4 is 5.69 Å². The molecule has 1 aliphatic heterocycles. The zero-order chi connectivity index (χ0) is 14.1. The molecular formula is C15H13N5O. The van der Waals surface area contributed by atoms with Crippen LogP contribution in [0.25, 0.3) is 11.5 Å². The molecule has 0 saturated carbocycles. The van der Waals surface area contributed by atoms with Crippen LogP contribution in [0.5, 0.6) is 0 Å². The summed E-state index contributed by atoms with van der Waals surface area (Å²) in [6, 6.07) is 10.1. The second-order valence-electron chi connectivity index (χ2n) is 4.99. The van der Waals surface area contributed by atoms with Crippen molar-refractivity contribution in [3.05, 3.63) is 54.3 Å². The van der Waals surface area contributed by atoms with Gasteiger partial charge in [-0.25, -0.2) is 9.97 Å². The summed E-state index contributed by atoms with van der Waals surface area (Å²) in [5, 5.41) is 7.42. The zero-order valence-corrected chi connectivity index (χ0v) is 11.2. The monoisotopic (exact) mass is 279 g/mol. The molecule has 0 radical (unpaired) electrons. The SMILES string of the molecule is c1ccc2c(c1)CC(c1nc(-c3ccncn3)no1)CN2. The highest BCUT2D eigenvalue weighted by atomic mass is 16.5. The third-order valence-corrected chi connectivity index (χ3v) is 3.62. The van der Waals surface area contributed by atoms with Gasteiger partial charge in [0.25, 0.3) is 0 Å². The smallest absolute Gasteiger partial charge is 0.232 e. The predicted octanol–water partition coefficient (Wildman–Crippen LogP) is 2.28. The van der Waals surface area contributed by atoms with Gasteiger partial charge in [-0.15, -0.1) is 0 Å².